The summed E-state index contributed by atoms with van der Waals surface area (Å²) in [5, 5.41) is 5.94. The van der Waals surface area contributed by atoms with Crippen LogP contribution in [0.2, 0.25) is 0 Å². The molecule has 9 nitrogen and oxygen atoms in total. The molecule has 1 aromatic carbocycles. The van der Waals surface area contributed by atoms with Crippen molar-refractivity contribution >= 4 is 29.0 Å². The summed E-state index contributed by atoms with van der Waals surface area (Å²) < 4.78 is 11.7. The molecule has 0 amide bonds. The van der Waals surface area contributed by atoms with E-state index in [9.17, 15) is 14.4 Å². The average molecular weight is 420 g/mol. The Labute approximate surface area is 177 Å². The van der Waals surface area contributed by atoms with Gasteiger partial charge in [-0.25, -0.2) is 9.80 Å². The van der Waals surface area contributed by atoms with E-state index in [1.807, 2.05) is 6.07 Å². The van der Waals surface area contributed by atoms with Crippen molar-refractivity contribution in [1.29, 1.82) is 0 Å². The van der Waals surface area contributed by atoms with E-state index in [0.717, 1.165) is 0 Å². The lowest BCUT2D eigenvalue weighted by Crippen LogP contribution is -2.46. The summed E-state index contributed by atoms with van der Waals surface area (Å²) in [6.45, 7) is 1.74. The van der Waals surface area contributed by atoms with E-state index < -0.39 is 29.5 Å². The predicted molar refractivity (Wildman–Crippen MR) is 113 cm³/mol. The zero-order chi connectivity index (χ0) is 22.1. The second-order valence-corrected chi connectivity index (χ2v) is 6.94. The van der Waals surface area contributed by atoms with Gasteiger partial charge in [0.25, 0.3) is 5.56 Å². The SMILES string of the molecule is COC(=O)[C@H]1C(c2c(C)n3ccccc3nc2=O)=NN(c2ccccc2)[C@H]1C(=O)OC. The zero-order valence-corrected chi connectivity index (χ0v) is 17.2. The van der Waals surface area contributed by atoms with Crippen LogP contribution < -0.4 is 10.6 Å². The van der Waals surface area contributed by atoms with Gasteiger partial charge in [0.05, 0.1) is 31.2 Å². The third-order valence-corrected chi connectivity index (χ3v) is 5.26. The van der Waals surface area contributed by atoms with Gasteiger partial charge in [0.2, 0.25) is 0 Å². The van der Waals surface area contributed by atoms with Crippen molar-refractivity contribution in [2.24, 2.45) is 11.0 Å². The van der Waals surface area contributed by atoms with Crippen molar-refractivity contribution in [2.75, 3.05) is 19.2 Å². The third kappa shape index (κ3) is 3.33. The number of para-hydroxylation sites is 1. The molecule has 3 heterocycles. The zero-order valence-electron chi connectivity index (χ0n) is 17.2. The molecule has 0 saturated heterocycles. The van der Waals surface area contributed by atoms with E-state index in [2.05, 4.69) is 10.1 Å². The molecule has 31 heavy (non-hydrogen) atoms. The van der Waals surface area contributed by atoms with Crippen LogP contribution in [-0.2, 0) is 19.1 Å². The fourth-order valence-electron chi connectivity index (χ4n) is 3.80. The first-order valence-corrected chi connectivity index (χ1v) is 9.54. The molecule has 0 radical (unpaired) electrons. The van der Waals surface area contributed by atoms with Crippen LogP contribution in [0.25, 0.3) is 5.65 Å². The normalized spacial score (nSPS) is 18.0. The topological polar surface area (TPSA) is 103 Å². The van der Waals surface area contributed by atoms with E-state index in [1.54, 1.807) is 60.0 Å². The molecule has 1 aliphatic heterocycles. The van der Waals surface area contributed by atoms with Crippen molar-refractivity contribution in [3.8, 4) is 0 Å². The largest absolute Gasteiger partial charge is 0.468 e. The Hall–Kier alpha value is -4.01. The lowest BCUT2D eigenvalue weighted by molar-refractivity contribution is -0.150. The second kappa shape index (κ2) is 8.02. The third-order valence-electron chi connectivity index (χ3n) is 5.26. The smallest absolute Gasteiger partial charge is 0.332 e. The lowest BCUT2D eigenvalue weighted by atomic mass is 9.90. The molecule has 1 aliphatic rings. The summed E-state index contributed by atoms with van der Waals surface area (Å²) in [4.78, 5) is 42.7. The highest BCUT2D eigenvalue weighted by molar-refractivity contribution is 6.17. The van der Waals surface area contributed by atoms with Crippen LogP contribution in [-0.4, -0.2) is 47.3 Å². The molecule has 158 valence electrons. The number of rotatable bonds is 4. The fraction of sp³-hybridized carbons (Fsp3) is 0.227. The molecule has 0 fully saturated rings. The number of carbonyl (C=O) groups excluding carboxylic acids is 2. The Bertz CT molecular complexity index is 1250. The fourth-order valence-corrected chi connectivity index (χ4v) is 3.80. The van der Waals surface area contributed by atoms with Crippen LogP contribution in [0.15, 0.2) is 64.6 Å². The first-order chi connectivity index (χ1) is 15.0. The minimum absolute atomic E-state index is 0.111. The molecular formula is C22H20N4O5. The van der Waals surface area contributed by atoms with Crippen LogP contribution in [0.4, 0.5) is 5.69 Å². The summed E-state index contributed by atoms with van der Waals surface area (Å²) in [6.07, 6.45) is 1.76. The highest BCUT2D eigenvalue weighted by Gasteiger charge is 2.50. The van der Waals surface area contributed by atoms with Gasteiger partial charge >= 0.3 is 11.9 Å². The van der Waals surface area contributed by atoms with Crippen LogP contribution >= 0.6 is 0 Å². The molecule has 0 spiro atoms. The van der Waals surface area contributed by atoms with Crippen molar-refractivity contribution in [1.82, 2.24) is 9.38 Å². The highest BCUT2D eigenvalue weighted by atomic mass is 16.5. The molecule has 0 unspecified atom stereocenters. The maximum atomic E-state index is 13.0. The van der Waals surface area contributed by atoms with E-state index in [0.29, 0.717) is 17.0 Å². The minimum Gasteiger partial charge on any atom is -0.468 e. The first-order valence-electron chi connectivity index (χ1n) is 9.54. The summed E-state index contributed by atoms with van der Waals surface area (Å²) in [5.41, 5.74) is 1.28. The van der Waals surface area contributed by atoms with Crippen molar-refractivity contribution < 1.29 is 19.1 Å². The van der Waals surface area contributed by atoms with Gasteiger partial charge in [0, 0.05) is 11.9 Å². The number of ether oxygens (including phenoxy) is 2. The quantitative estimate of drug-likeness (QED) is 0.590. The first kappa shape index (κ1) is 20.3. The number of hydrogen-bond donors (Lipinski definition) is 0. The van der Waals surface area contributed by atoms with Gasteiger partial charge in [-0.15, -0.1) is 0 Å². The Balaban J connectivity index is 1.99. The van der Waals surface area contributed by atoms with Gasteiger partial charge in [-0.05, 0) is 31.2 Å². The number of aryl methyl sites for hydroxylation is 1. The number of hydrazone groups is 1. The molecule has 9 heteroatoms. The van der Waals surface area contributed by atoms with Gasteiger partial charge < -0.3 is 13.9 Å². The van der Waals surface area contributed by atoms with Crippen molar-refractivity contribution in [3.05, 3.63) is 76.3 Å². The Morgan fingerprint density at radius 1 is 0.968 bits per heavy atom. The van der Waals surface area contributed by atoms with Crippen molar-refractivity contribution in [2.45, 2.75) is 13.0 Å². The highest BCUT2D eigenvalue weighted by Crippen LogP contribution is 2.32. The van der Waals surface area contributed by atoms with E-state index >= 15 is 0 Å². The molecule has 0 N–H and O–H groups in total. The van der Waals surface area contributed by atoms with Crippen LogP contribution in [0, 0.1) is 12.8 Å². The summed E-state index contributed by atoms with van der Waals surface area (Å²) in [5.74, 6) is -2.55. The maximum absolute atomic E-state index is 13.0. The van der Waals surface area contributed by atoms with Gasteiger partial charge in [-0.3, -0.25) is 9.59 Å². The Morgan fingerprint density at radius 2 is 1.65 bits per heavy atom. The number of aromatic nitrogens is 2. The number of fused-ring (bicyclic) bond motifs is 1. The lowest BCUT2D eigenvalue weighted by Gasteiger charge is -2.24. The van der Waals surface area contributed by atoms with Crippen LogP contribution in [0.5, 0.6) is 0 Å². The molecule has 0 aliphatic carbocycles. The number of esters is 2. The number of benzene rings is 1. The monoisotopic (exact) mass is 420 g/mol. The maximum Gasteiger partial charge on any atom is 0.332 e. The number of anilines is 1. The molecule has 3 aromatic rings. The number of nitrogens with zero attached hydrogens (tertiary/aromatic N) is 4. The van der Waals surface area contributed by atoms with Gasteiger partial charge in [-0.2, -0.15) is 10.1 Å². The average Bonchev–Trinajstić information content (AvgIpc) is 3.18. The molecule has 4 rings (SSSR count). The predicted octanol–water partition coefficient (Wildman–Crippen LogP) is 1.56. The second-order valence-electron chi connectivity index (χ2n) is 6.94. The summed E-state index contributed by atoms with van der Waals surface area (Å²) in [6, 6.07) is 13.0. The van der Waals surface area contributed by atoms with Gasteiger partial charge in [0.1, 0.15) is 11.6 Å². The van der Waals surface area contributed by atoms with Crippen LogP contribution in [0.1, 0.15) is 11.3 Å². The van der Waals surface area contributed by atoms with Crippen LogP contribution in [0.3, 0.4) is 0 Å². The number of carbonyl (C=O) groups is 2. The number of hydrogen-bond acceptors (Lipinski definition) is 8. The molecule has 2 atom stereocenters. The Kier molecular flexibility index (Phi) is 5.24. The molecule has 0 saturated carbocycles. The number of methoxy groups -OCH3 is 2. The van der Waals surface area contributed by atoms with E-state index in [4.69, 9.17) is 9.47 Å². The number of pyridine rings is 1. The summed E-state index contributed by atoms with van der Waals surface area (Å²) >= 11 is 0. The molecule has 2 aromatic heterocycles. The van der Waals surface area contributed by atoms with E-state index in [-0.39, 0.29) is 11.3 Å². The minimum atomic E-state index is -1.17. The molecule has 0 bridgehead atoms. The Morgan fingerprint density at radius 3 is 2.32 bits per heavy atom. The standard InChI is InChI=1S/C22H20N4O5/c1-13-16(20(27)23-15-11-7-8-12-25(13)15)18-17(21(28)30-2)19(22(29)31-3)26(24-18)14-9-5-4-6-10-14/h4-12,17,19H,1-3H3/t17-,19+/m0/s1. The van der Waals surface area contributed by atoms with E-state index in [1.165, 1.54) is 19.2 Å². The van der Waals surface area contributed by atoms with Crippen molar-refractivity contribution in [3.63, 3.8) is 0 Å². The van der Waals surface area contributed by atoms with Gasteiger partial charge in [-0.1, -0.05) is 24.3 Å². The summed E-state index contributed by atoms with van der Waals surface area (Å²) in [7, 11) is 2.45. The van der Waals surface area contributed by atoms with Gasteiger partial charge in [0.15, 0.2) is 6.04 Å². The molecular weight excluding hydrogens is 400 g/mol.